The molecule has 0 fully saturated rings. The second-order valence-corrected chi connectivity index (χ2v) is 9.38. The van der Waals surface area contributed by atoms with Crippen LogP contribution in [-0.2, 0) is 14.8 Å². The maximum absolute atomic E-state index is 12.9. The van der Waals surface area contributed by atoms with Crippen LogP contribution in [0, 0.1) is 0 Å². The summed E-state index contributed by atoms with van der Waals surface area (Å²) in [7, 11) is -3.79. The molecule has 2 aromatic rings. The SMILES string of the molecule is CC[C@@H](C(=O)Nc1cccc(SC)c1)N(c1cc(Cl)ccc1Cl)S(C)(=O)=O. The van der Waals surface area contributed by atoms with E-state index in [4.69, 9.17) is 23.2 Å². The average molecular weight is 447 g/mol. The molecule has 2 rings (SSSR count). The maximum Gasteiger partial charge on any atom is 0.248 e. The highest BCUT2D eigenvalue weighted by atomic mass is 35.5. The van der Waals surface area contributed by atoms with Crippen molar-refractivity contribution in [3.05, 3.63) is 52.5 Å². The van der Waals surface area contributed by atoms with E-state index in [2.05, 4.69) is 5.32 Å². The Morgan fingerprint density at radius 1 is 1.22 bits per heavy atom. The lowest BCUT2D eigenvalue weighted by atomic mass is 10.1. The summed E-state index contributed by atoms with van der Waals surface area (Å²) in [6, 6.07) is 10.8. The van der Waals surface area contributed by atoms with Crippen molar-refractivity contribution in [3.63, 3.8) is 0 Å². The minimum Gasteiger partial charge on any atom is -0.324 e. The van der Waals surface area contributed by atoms with Crippen LogP contribution in [0.15, 0.2) is 47.4 Å². The number of nitrogens with zero attached hydrogens (tertiary/aromatic N) is 1. The van der Waals surface area contributed by atoms with Gasteiger partial charge in [-0.3, -0.25) is 9.10 Å². The second kappa shape index (κ2) is 9.19. The zero-order valence-corrected chi connectivity index (χ0v) is 18.2. The van der Waals surface area contributed by atoms with E-state index in [-0.39, 0.29) is 17.1 Å². The number of rotatable bonds is 7. The lowest BCUT2D eigenvalue weighted by Crippen LogP contribution is -2.47. The Morgan fingerprint density at radius 3 is 2.52 bits per heavy atom. The zero-order valence-electron chi connectivity index (χ0n) is 15.1. The van der Waals surface area contributed by atoms with E-state index in [0.717, 1.165) is 15.5 Å². The molecule has 0 heterocycles. The Hall–Kier alpha value is -1.41. The van der Waals surface area contributed by atoms with Crippen LogP contribution >= 0.6 is 35.0 Å². The van der Waals surface area contributed by atoms with Gasteiger partial charge in [0, 0.05) is 15.6 Å². The molecule has 1 atom stereocenters. The molecule has 0 bridgehead atoms. The molecular formula is C18H20Cl2N2O3S2. The van der Waals surface area contributed by atoms with Gasteiger partial charge in [-0.1, -0.05) is 36.2 Å². The Balaban J connectivity index is 2.43. The van der Waals surface area contributed by atoms with Crippen molar-refractivity contribution < 1.29 is 13.2 Å². The second-order valence-electron chi connectivity index (χ2n) is 5.80. The van der Waals surface area contributed by atoms with Gasteiger partial charge < -0.3 is 5.32 Å². The van der Waals surface area contributed by atoms with Gasteiger partial charge in [0.2, 0.25) is 15.9 Å². The van der Waals surface area contributed by atoms with Gasteiger partial charge in [0.25, 0.3) is 0 Å². The van der Waals surface area contributed by atoms with Crippen molar-refractivity contribution in [1.82, 2.24) is 0 Å². The van der Waals surface area contributed by atoms with E-state index < -0.39 is 22.0 Å². The van der Waals surface area contributed by atoms with E-state index in [0.29, 0.717) is 10.7 Å². The highest BCUT2D eigenvalue weighted by Crippen LogP contribution is 2.33. The molecule has 0 radical (unpaired) electrons. The molecule has 0 spiro atoms. The predicted octanol–water partition coefficient (Wildman–Crippen LogP) is 4.90. The third-order valence-electron chi connectivity index (χ3n) is 3.81. The number of anilines is 2. The van der Waals surface area contributed by atoms with Crippen molar-refractivity contribution in [3.8, 4) is 0 Å². The summed E-state index contributed by atoms with van der Waals surface area (Å²) < 4.78 is 26.0. The van der Waals surface area contributed by atoms with Crippen LogP contribution in [0.3, 0.4) is 0 Å². The fourth-order valence-electron chi connectivity index (χ4n) is 2.62. The number of thioether (sulfide) groups is 1. The molecule has 5 nitrogen and oxygen atoms in total. The lowest BCUT2D eigenvalue weighted by Gasteiger charge is -2.30. The van der Waals surface area contributed by atoms with Gasteiger partial charge in [-0.05, 0) is 49.1 Å². The molecule has 0 saturated carbocycles. The molecule has 2 aromatic carbocycles. The van der Waals surface area contributed by atoms with Crippen molar-refractivity contribution in [2.45, 2.75) is 24.3 Å². The van der Waals surface area contributed by atoms with Gasteiger partial charge in [-0.25, -0.2) is 8.42 Å². The summed E-state index contributed by atoms with van der Waals surface area (Å²) in [6.45, 7) is 1.74. The fraction of sp³-hybridized carbons (Fsp3) is 0.278. The number of halogens is 2. The molecule has 27 heavy (non-hydrogen) atoms. The summed E-state index contributed by atoms with van der Waals surface area (Å²) in [5.74, 6) is -0.447. The first-order valence-corrected chi connectivity index (χ1v) is 11.9. The quantitative estimate of drug-likeness (QED) is 0.614. The number of hydrogen-bond acceptors (Lipinski definition) is 4. The Labute approximate surface area is 174 Å². The molecule has 0 aliphatic heterocycles. The van der Waals surface area contributed by atoms with Gasteiger partial charge in [-0.2, -0.15) is 0 Å². The van der Waals surface area contributed by atoms with Crippen molar-refractivity contribution in [1.29, 1.82) is 0 Å². The third kappa shape index (κ3) is 5.54. The summed E-state index contributed by atoms with van der Waals surface area (Å²) in [5.41, 5.74) is 0.766. The normalized spacial score (nSPS) is 12.5. The number of sulfonamides is 1. The fourth-order valence-corrected chi connectivity index (χ4v) is 4.72. The van der Waals surface area contributed by atoms with Crippen LogP contribution in [0.5, 0.6) is 0 Å². The van der Waals surface area contributed by atoms with Crippen molar-refractivity contribution in [2.24, 2.45) is 0 Å². The smallest absolute Gasteiger partial charge is 0.248 e. The maximum atomic E-state index is 12.9. The molecule has 0 aliphatic carbocycles. The Kier molecular flexibility index (Phi) is 7.45. The minimum atomic E-state index is -3.79. The predicted molar refractivity (Wildman–Crippen MR) is 115 cm³/mol. The van der Waals surface area contributed by atoms with Gasteiger partial charge in [-0.15, -0.1) is 11.8 Å². The van der Waals surface area contributed by atoms with Crippen molar-refractivity contribution >= 4 is 62.3 Å². The van der Waals surface area contributed by atoms with E-state index in [1.54, 1.807) is 30.8 Å². The molecular weight excluding hydrogens is 427 g/mol. The molecule has 1 amide bonds. The number of carbonyl (C=O) groups is 1. The largest absolute Gasteiger partial charge is 0.324 e. The van der Waals surface area contributed by atoms with Gasteiger partial charge >= 0.3 is 0 Å². The summed E-state index contributed by atoms with van der Waals surface area (Å²) in [6.07, 6.45) is 3.22. The number of hydrogen-bond donors (Lipinski definition) is 1. The van der Waals surface area contributed by atoms with Gasteiger partial charge in [0.15, 0.2) is 0 Å². The number of nitrogens with one attached hydrogen (secondary N) is 1. The average Bonchev–Trinajstić information content (AvgIpc) is 2.61. The van der Waals surface area contributed by atoms with Crippen LogP contribution < -0.4 is 9.62 Å². The van der Waals surface area contributed by atoms with Gasteiger partial charge in [0.05, 0.1) is 17.0 Å². The van der Waals surface area contributed by atoms with Crippen LogP contribution in [0.1, 0.15) is 13.3 Å². The summed E-state index contributed by atoms with van der Waals surface area (Å²) >= 11 is 13.8. The molecule has 0 aliphatic rings. The molecule has 0 unspecified atom stereocenters. The summed E-state index contributed by atoms with van der Waals surface area (Å²) in [4.78, 5) is 13.9. The highest BCUT2D eigenvalue weighted by Gasteiger charge is 2.33. The van der Waals surface area contributed by atoms with E-state index >= 15 is 0 Å². The zero-order chi connectivity index (χ0) is 20.2. The van der Waals surface area contributed by atoms with Crippen molar-refractivity contribution in [2.75, 3.05) is 22.1 Å². The minimum absolute atomic E-state index is 0.173. The monoisotopic (exact) mass is 446 g/mol. The van der Waals surface area contributed by atoms with E-state index in [9.17, 15) is 13.2 Å². The summed E-state index contributed by atoms with van der Waals surface area (Å²) in [5, 5.41) is 3.31. The number of carbonyl (C=O) groups excluding carboxylic acids is 1. The third-order valence-corrected chi connectivity index (χ3v) is 6.26. The highest BCUT2D eigenvalue weighted by molar-refractivity contribution is 7.98. The van der Waals surface area contributed by atoms with Crippen LogP contribution in [0.2, 0.25) is 10.0 Å². The molecule has 146 valence electrons. The standard InChI is InChI=1S/C18H20Cl2N2O3S2/c1-4-16(18(23)21-13-6-5-7-14(11-13)26-2)22(27(3,24)25)17-10-12(19)8-9-15(17)20/h5-11,16H,4H2,1-3H3,(H,21,23)/t16-/m0/s1. The van der Waals surface area contributed by atoms with Gasteiger partial charge in [0.1, 0.15) is 6.04 Å². The molecule has 1 N–H and O–H groups in total. The first kappa shape index (κ1) is 21.9. The van der Waals surface area contributed by atoms with Crippen LogP contribution in [0.25, 0.3) is 0 Å². The number of amides is 1. The van der Waals surface area contributed by atoms with Crippen LogP contribution in [-0.4, -0.2) is 32.9 Å². The first-order chi connectivity index (χ1) is 12.7. The Bertz CT molecular complexity index is 936. The Morgan fingerprint density at radius 2 is 1.93 bits per heavy atom. The first-order valence-electron chi connectivity index (χ1n) is 8.06. The van der Waals surface area contributed by atoms with E-state index in [1.807, 2.05) is 24.5 Å². The topological polar surface area (TPSA) is 66.5 Å². The molecule has 0 aromatic heterocycles. The number of benzene rings is 2. The molecule has 0 saturated heterocycles. The van der Waals surface area contributed by atoms with Crippen LogP contribution in [0.4, 0.5) is 11.4 Å². The lowest BCUT2D eigenvalue weighted by molar-refractivity contribution is -0.117. The molecule has 9 heteroatoms. The van der Waals surface area contributed by atoms with E-state index in [1.165, 1.54) is 12.1 Å².